The van der Waals surface area contributed by atoms with Crippen molar-refractivity contribution in [2.24, 2.45) is 0 Å². The van der Waals surface area contributed by atoms with Crippen molar-refractivity contribution in [1.82, 2.24) is 0 Å². The van der Waals surface area contributed by atoms with Gasteiger partial charge >= 0.3 is 0 Å². The van der Waals surface area contributed by atoms with Crippen molar-refractivity contribution in [3.8, 4) is 11.5 Å². The fraction of sp³-hybridized carbons (Fsp3) is 0.207. The topological polar surface area (TPSA) is 67.9 Å². The zero-order valence-corrected chi connectivity index (χ0v) is 22.6. The van der Waals surface area contributed by atoms with Gasteiger partial charge in [-0.3, -0.25) is 14.5 Å². The van der Waals surface area contributed by atoms with Crippen molar-refractivity contribution < 1.29 is 19.1 Å². The quantitative estimate of drug-likeness (QED) is 0.255. The lowest BCUT2D eigenvalue weighted by Gasteiger charge is -2.14. The SMILES string of the molecule is CCOc1cc(/C=C2\SC(=S)N(c3ccc(C)cc3)C2=O)ccc1OCC(=O)Nc1ccc(CC)cc1. The summed E-state index contributed by atoms with van der Waals surface area (Å²) in [4.78, 5) is 27.6. The normalized spacial score (nSPS) is 14.2. The van der Waals surface area contributed by atoms with Gasteiger partial charge in [-0.05, 0) is 73.9 Å². The van der Waals surface area contributed by atoms with E-state index in [2.05, 4.69) is 12.2 Å². The summed E-state index contributed by atoms with van der Waals surface area (Å²) < 4.78 is 12.0. The Kier molecular flexibility index (Phi) is 8.63. The van der Waals surface area contributed by atoms with Crippen LogP contribution >= 0.6 is 24.0 Å². The predicted molar refractivity (Wildman–Crippen MR) is 154 cm³/mol. The third-order valence-corrected chi connectivity index (χ3v) is 6.96. The van der Waals surface area contributed by atoms with E-state index in [0.717, 1.165) is 23.2 Å². The number of hydrogen-bond donors (Lipinski definition) is 1. The summed E-state index contributed by atoms with van der Waals surface area (Å²) in [7, 11) is 0. The molecule has 0 atom stereocenters. The highest BCUT2D eigenvalue weighted by molar-refractivity contribution is 8.27. The first-order valence-corrected chi connectivity index (χ1v) is 13.2. The summed E-state index contributed by atoms with van der Waals surface area (Å²) in [6.45, 7) is 6.21. The smallest absolute Gasteiger partial charge is 0.270 e. The summed E-state index contributed by atoms with van der Waals surface area (Å²) in [5.74, 6) is 0.504. The molecule has 3 aromatic rings. The number of carbonyl (C=O) groups is 2. The monoisotopic (exact) mass is 532 g/mol. The maximum Gasteiger partial charge on any atom is 0.270 e. The van der Waals surface area contributed by atoms with Gasteiger partial charge in [0.15, 0.2) is 22.4 Å². The molecule has 190 valence electrons. The number of nitrogens with one attached hydrogen (secondary N) is 1. The Morgan fingerprint density at radius 2 is 1.73 bits per heavy atom. The van der Waals surface area contributed by atoms with E-state index in [4.69, 9.17) is 21.7 Å². The first kappa shape index (κ1) is 26.4. The summed E-state index contributed by atoms with van der Waals surface area (Å²) in [5.41, 5.74) is 4.54. The highest BCUT2D eigenvalue weighted by Crippen LogP contribution is 2.37. The van der Waals surface area contributed by atoms with Crippen molar-refractivity contribution >= 4 is 57.6 Å². The van der Waals surface area contributed by atoms with E-state index in [-0.39, 0.29) is 18.4 Å². The average molecular weight is 533 g/mol. The lowest BCUT2D eigenvalue weighted by atomic mass is 10.1. The summed E-state index contributed by atoms with van der Waals surface area (Å²) in [6.07, 6.45) is 2.72. The molecule has 4 rings (SSSR count). The van der Waals surface area contributed by atoms with Gasteiger partial charge < -0.3 is 14.8 Å². The molecule has 0 spiro atoms. The molecule has 6 nitrogen and oxygen atoms in total. The second kappa shape index (κ2) is 12.1. The molecule has 0 saturated carbocycles. The number of rotatable bonds is 9. The molecule has 1 N–H and O–H groups in total. The summed E-state index contributed by atoms with van der Waals surface area (Å²) in [6, 6.07) is 20.7. The lowest BCUT2D eigenvalue weighted by Crippen LogP contribution is -2.27. The molecule has 1 fully saturated rings. The Morgan fingerprint density at radius 3 is 2.41 bits per heavy atom. The van der Waals surface area contributed by atoms with Crippen molar-refractivity contribution in [1.29, 1.82) is 0 Å². The fourth-order valence-electron chi connectivity index (χ4n) is 3.70. The van der Waals surface area contributed by atoms with E-state index in [0.29, 0.717) is 33.0 Å². The molecule has 0 aromatic heterocycles. The molecule has 37 heavy (non-hydrogen) atoms. The van der Waals surface area contributed by atoms with Crippen molar-refractivity contribution in [3.63, 3.8) is 0 Å². The van der Waals surface area contributed by atoms with Gasteiger partial charge in [0.1, 0.15) is 0 Å². The number of amides is 2. The molecule has 3 aromatic carbocycles. The largest absolute Gasteiger partial charge is 0.490 e. The van der Waals surface area contributed by atoms with Gasteiger partial charge in [0.25, 0.3) is 11.8 Å². The standard InChI is InChI=1S/C29H28N2O4S2/c1-4-20-8-11-22(12-9-20)30-27(32)18-35-24-15-10-21(16-25(24)34-5-2)17-26-28(33)31(29(36)37-26)23-13-6-19(3)7-14-23/h6-17H,4-5,18H2,1-3H3,(H,30,32)/b26-17-. The molecule has 2 amide bonds. The van der Waals surface area contributed by atoms with Crippen LogP contribution in [-0.2, 0) is 16.0 Å². The van der Waals surface area contributed by atoms with E-state index in [9.17, 15) is 9.59 Å². The van der Waals surface area contributed by atoms with E-state index >= 15 is 0 Å². The fourth-order valence-corrected chi connectivity index (χ4v) is 5.00. The van der Waals surface area contributed by atoms with Gasteiger partial charge in [-0.25, -0.2) is 0 Å². The molecule has 1 heterocycles. The van der Waals surface area contributed by atoms with Gasteiger partial charge in [0, 0.05) is 5.69 Å². The molecule has 0 unspecified atom stereocenters. The maximum atomic E-state index is 13.1. The first-order chi connectivity index (χ1) is 17.9. The Labute approximate surface area is 226 Å². The number of thioether (sulfide) groups is 1. The average Bonchev–Trinajstić information content (AvgIpc) is 3.17. The van der Waals surface area contributed by atoms with Crippen LogP contribution in [0.1, 0.15) is 30.5 Å². The Morgan fingerprint density at radius 1 is 1.00 bits per heavy atom. The van der Waals surface area contributed by atoms with Gasteiger partial charge in [-0.15, -0.1) is 0 Å². The number of thiocarbonyl (C=S) groups is 1. The van der Waals surface area contributed by atoms with Crippen molar-refractivity contribution in [2.75, 3.05) is 23.4 Å². The number of benzene rings is 3. The highest BCUT2D eigenvalue weighted by Gasteiger charge is 2.33. The molecule has 0 aliphatic carbocycles. The number of aryl methyl sites for hydroxylation is 2. The number of carbonyl (C=O) groups excluding carboxylic acids is 2. The van der Waals surface area contributed by atoms with Gasteiger partial charge in [-0.2, -0.15) is 0 Å². The van der Waals surface area contributed by atoms with Crippen LogP contribution in [0.15, 0.2) is 71.6 Å². The summed E-state index contributed by atoms with van der Waals surface area (Å²) >= 11 is 6.74. The summed E-state index contributed by atoms with van der Waals surface area (Å²) in [5, 5.41) is 2.83. The van der Waals surface area contributed by atoms with Crippen LogP contribution in [0.5, 0.6) is 11.5 Å². The first-order valence-electron chi connectivity index (χ1n) is 12.0. The Balaban J connectivity index is 1.45. The number of ether oxygens (including phenoxy) is 2. The van der Waals surface area contributed by atoms with Gasteiger partial charge in [0.2, 0.25) is 0 Å². The highest BCUT2D eigenvalue weighted by atomic mass is 32.2. The predicted octanol–water partition coefficient (Wildman–Crippen LogP) is 6.38. The molecule has 1 saturated heterocycles. The number of nitrogens with zero attached hydrogens (tertiary/aromatic N) is 1. The molecular weight excluding hydrogens is 504 g/mol. The number of hydrogen-bond acceptors (Lipinski definition) is 6. The maximum absolute atomic E-state index is 13.1. The molecule has 1 aliphatic heterocycles. The molecule has 0 bridgehead atoms. The molecule has 1 aliphatic rings. The van der Waals surface area contributed by atoms with Crippen molar-refractivity contribution in [2.45, 2.75) is 27.2 Å². The Hall–Kier alpha value is -3.62. The van der Waals surface area contributed by atoms with E-state index in [1.165, 1.54) is 17.3 Å². The van der Waals surface area contributed by atoms with E-state index in [1.54, 1.807) is 23.1 Å². The van der Waals surface area contributed by atoms with E-state index in [1.807, 2.05) is 68.4 Å². The third-order valence-electron chi connectivity index (χ3n) is 5.66. The lowest BCUT2D eigenvalue weighted by molar-refractivity contribution is -0.118. The Bertz CT molecular complexity index is 1340. The van der Waals surface area contributed by atoms with Gasteiger partial charge in [-0.1, -0.05) is 66.8 Å². The number of anilines is 2. The van der Waals surface area contributed by atoms with Crippen molar-refractivity contribution in [3.05, 3.63) is 88.3 Å². The minimum atomic E-state index is -0.268. The van der Waals surface area contributed by atoms with Crippen LogP contribution in [-0.4, -0.2) is 29.3 Å². The second-order valence-corrected chi connectivity index (χ2v) is 10.1. The van der Waals surface area contributed by atoms with Crippen LogP contribution in [0.3, 0.4) is 0 Å². The zero-order valence-electron chi connectivity index (χ0n) is 20.9. The molecule has 0 radical (unpaired) electrons. The second-order valence-electron chi connectivity index (χ2n) is 8.38. The zero-order chi connectivity index (χ0) is 26.4. The minimum absolute atomic E-state index is 0.163. The third kappa shape index (κ3) is 6.58. The molecular formula is C29H28N2O4S2. The molecule has 8 heteroatoms. The van der Waals surface area contributed by atoms with Crippen LogP contribution in [0.4, 0.5) is 11.4 Å². The van der Waals surface area contributed by atoms with Crippen LogP contribution in [0.25, 0.3) is 6.08 Å². The van der Waals surface area contributed by atoms with Crippen LogP contribution in [0.2, 0.25) is 0 Å². The van der Waals surface area contributed by atoms with E-state index < -0.39 is 0 Å². The van der Waals surface area contributed by atoms with Crippen LogP contribution in [0, 0.1) is 6.92 Å². The van der Waals surface area contributed by atoms with Gasteiger partial charge in [0.05, 0.1) is 17.2 Å². The minimum Gasteiger partial charge on any atom is -0.490 e. The van der Waals surface area contributed by atoms with Crippen LogP contribution < -0.4 is 19.7 Å².